The quantitative estimate of drug-likeness (QED) is 0.747. The zero-order valence-corrected chi connectivity index (χ0v) is 19.1. The topological polar surface area (TPSA) is 61.6 Å². The molecule has 162 valence electrons. The van der Waals surface area contributed by atoms with Gasteiger partial charge in [-0.25, -0.2) is 0 Å². The molecule has 0 bridgehead atoms. The predicted octanol–water partition coefficient (Wildman–Crippen LogP) is 3.31. The molecule has 2 unspecified atom stereocenters. The van der Waals surface area contributed by atoms with Crippen molar-refractivity contribution in [3.05, 3.63) is 59.5 Å². The maximum atomic E-state index is 13.1. The summed E-state index contributed by atoms with van der Waals surface area (Å²) in [4.78, 5) is 17.4. The summed E-state index contributed by atoms with van der Waals surface area (Å²) in [7, 11) is 2.47. The van der Waals surface area contributed by atoms with Crippen molar-refractivity contribution in [2.45, 2.75) is 25.5 Å². The minimum atomic E-state index is 0.0766. The van der Waals surface area contributed by atoms with E-state index in [0.717, 1.165) is 54.3 Å². The molecule has 7 heteroatoms. The van der Waals surface area contributed by atoms with E-state index in [1.54, 1.807) is 0 Å². The molecule has 4 heterocycles. The molecule has 0 aliphatic carbocycles. The number of benzene rings is 1. The second-order valence-corrected chi connectivity index (χ2v) is 10.1. The van der Waals surface area contributed by atoms with Crippen molar-refractivity contribution < 1.29 is 9.90 Å². The summed E-state index contributed by atoms with van der Waals surface area (Å²) >= 11 is 0. The summed E-state index contributed by atoms with van der Waals surface area (Å²) < 4.78 is 1.87. The van der Waals surface area contributed by atoms with Gasteiger partial charge in [0.25, 0.3) is 5.91 Å². The fourth-order valence-corrected chi connectivity index (χ4v) is 6.42. The number of fused-ring (bicyclic) bond motifs is 2. The number of carbonyl (C=O) groups is 1. The van der Waals surface area contributed by atoms with Crippen LogP contribution in [0.4, 0.5) is 0 Å². The number of aryl methyl sites for hydroxylation is 1. The molecule has 1 amide bonds. The lowest BCUT2D eigenvalue weighted by Gasteiger charge is -2.39. The van der Waals surface area contributed by atoms with Gasteiger partial charge in [0.1, 0.15) is 0 Å². The zero-order chi connectivity index (χ0) is 21.5. The molecule has 5 rings (SSSR count). The van der Waals surface area contributed by atoms with Crippen LogP contribution in [0.15, 0.2) is 53.9 Å². The van der Waals surface area contributed by atoms with Crippen molar-refractivity contribution >= 4 is 30.7 Å². The fraction of sp³-hybridized carbons (Fsp3) is 0.417. The Morgan fingerprint density at radius 2 is 2.03 bits per heavy atom. The maximum Gasteiger partial charge on any atom is 0.252 e. The summed E-state index contributed by atoms with van der Waals surface area (Å²) in [5.41, 5.74) is 4.77. The lowest BCUT2D eigenvalue weighted by Crippen LogP contribution is -2.40. The number of allylic oxidation sites excluding steroid dienone is 2. The average Bonchev–Trinajstić information content (AvgIpc) is 3.15. The third kappa shape index (κ3) is 3.89. The third-order valence-electron chi connectivity index (χ3n) is 6.74. The fourth-order valence-electron chi connectivity index (χ4n) is 4.95. The van der Waals surface area contributed by atoms with Crippen LogP contribution in [0.3, 0.4) is 0 Å². The standard InChI is InChI=1S/C24H29N4O2P/c1-16-11-20(17-5-7-27(8-6-17)9-10-29)15-28-23(30)13-22(31-24(16)28)18-3-4-21-19(12-18)14-25-26(21)2/h3-4,11-15,17,24,29,31H,5-10H2,1-2H3. The number of carbonyl (C=O) groups excluding carboxylic acids is 1. The van der Waals surface area contributed by atoms with Crippen LogP contribution < -0.4 is 0 Å². The van der Waals surface area contributed by atoms with Crippen molar-refractivity contribution in [1.82, 2.24) is 19.6 Å². The molecular formula is C24H29N4O2P. The number of nitrogens with zero attached hydrogens (tertiary/aromatic N) is 4. The molecule has 2 aromatic rings. The third-order valence-corrected chi connectivity index (χ3v) is 8.49. The van der Waals surface area contributed by atoms with E-state index in [9.17, 15) is 4.79 Å². The van der Waals surface area contributed by atoms with Crippen molar-refractivity contribution in [3.8, 4) is 0 Å². The molecule has 1 fully saturated rings. The normalized spacial score (nSPS) is 23.7. The lowest BCUT2D eigenvalue weighted by atomic mass is 9.87. The van der Waals surface area contributed by atoms with Gasteiger partial charge >= 0.3 is 0 Å². The molecule has 3 aliphatic heterocycles. The van der Waals surface area contributed by atoms with Crippen molar-refractivity contribution in [2.24, 2.45) is 13.0 Å². The average molecular weight is 436 g/mol. The number of amides is 1. The predicted molar refractivity (Wildman–Crippen MR) is 126 cm³/mol. The van der Waals surface area contributed by atoms with Crippen LogP contribution in [0.25, 0.3) is 16.2 Å². The highest BCUT2D eigenvalue weighted by Crippen LogP contribution is 2.48. The number of hydrogen-bond donors (Lipinski definition) is 1. The van der Waals surface area contributed by atoms with Crippen molar-refractivity contribution in [1.29, 1.82) is 0 Å². The first-order chi connectivity index (χ1) is 15.0. The summed E-state index contributed by atoms with van der Waals surface area (Å²) in [6, 6.07) is 6.34. The number of hydrogen-bond acceptors (Lipinski definition) is 4. The van der Waals surface area contributed by atoms with E-state index < -0.39 is 0 Å². The van der Waals surface area contributed by atoms with Gasteiger partial charge in [-0.1, -0.05) is 20.7 Å². The van der Waals surface area contributed by atoms with E-state index in [-0.39, 0.29) is 18.3 Å². The minimum absolute atomic E-state index is 0.0766. The molecule has 0 radical (unpaired) electrons. The first-order valence-corrected chi connectivity index (χ1v) is 12.1. The first kappa shape index (κ1) is 20.6. The molecule has 1 saturated heterocycles. The van der Waals surface area contributed by atoms with Crippen molar-refractivity contribution in [2.75, 3.05) is 26.2 Å². The number of piperidine rings is 1. The molecule has 0 saturated carbocycles. The highest BCUT2D eigenvalue weighted by atomic mass is 31.1. The Morgan fingerprint density at radius 1 is 1.23 bits per heavy atom. The molecule has 31 heavy (non-hydrogen) atoms. The molecule has 1 N–H and O–H groups in total. The van der Waals surface area contributed by atoms with Gasteiger partial charge in [-0.3, -0.25) is 9.48 Å². The number of likely N-dealkylation sites (tertiary alicyclic amines) is 1. The van der Waals surface area contributed by atoms with Gasteiger partial charge in [-0.15, -0.1) is 0 Å². The van der Waals surface area contributed by atoms with Crippen molar-refractivity contribution in [3.63, 3.8) is 0 Å². The van der Waals surface area contributed by atoms with Crippen LogP contribution in [0, 0.1) is 5.92 Å². The summed E-state index contributed by atoms with van der Waals surface area (Å²) in [6.45, 7) is 5.16. The highest BCUT2D eigenvalue weighted by Gasteiger charge is 2.33. The Balaban J connectivity index is 1.37. The summed E-state index contributed by atoms with van der Waals surface area (Å²) in [5, 5.41) is 15.7. The van der Waals surface area contributed by atoms with E-state index in [2.05, 4.69) is 47.4 Å². The van der Waals surface area contributed by atoms with E-state index >= 15 is 0 Å². The summed E-state index contributed by atoms with van der Waals surface area (Å²) in [6.07, 6.45) is 10.3. The molecule has 1 aromatic heterocycles. The largest absolute Gasteiger partial charge is 0.395 e. The number of aliphatic hydroxyl groups is 1. The van der Waals surface area contributed by atoms with E-state index in [1.807, 2.05) is 28.9 Å². The van der Waals surface area contributed by atoms with E-state index in [1.165, 1.54) is 11.1 Å². The molecule has 6 nitrogen and oxygen atoms in total. The Morgan fingerprint density at radius 3 is 2.81 bits per heavy atom. The van der Waals surface area contributed by atoms with E-state index in [0.29, 0.717) is 14.5 Å². The Hall–Kier alpha value is -2.27. The van der Waals surface area contributed by atoms with Gasteiger partial charge in [0, 0.05) is 31.3 Å². The number of aliphatic hydroxyl groups excluding tert-OH is 1. The van der Waals surface area contributed by atoms with Gasteiger partial charge < -0.3 is 14.9 Å². The molecule has 2 atom stereocenters. The minimum Gasteiger partial charge on any atom is -0.395 e. The van der Waals surface area contributed by atoms with Crippen LogP contribution in [-0.2, 0) is 11.8 Å². The Kier molecular flexibility index (Phi) is 5.55. The number of rotatable bonds is 4. The molecular weight excluding hydrogens is 407 g/mol. The van der Waals surface area contributed by atoms with E-state index in [4.69, 9.17) is 5.11 Å². The maximum absolute atomic E-state index is 13.1. The van der Waals surface area contributed by atoms with Gasteiger partial charge in [0.05, 0.1) is 24.1 Å². The van der Waals surface area contributed by atoms with Gasteiger partial charge in [-0.05, 0) is 72.9 Å². The second kappa shape index (κ2) is 8.34. The van der Waals surface area contributed by atoms with Gasteiger partial charge in [0.2, 0.25) is 0 Å². The molecule has 0 spiro atoms. The highest BCUT2D eigenvalue weighted by molar-refractivity contribution is 7.51. The van der Waals surface area contributed by atoms with Crippen LogP contribution in [0.2, 0.25) is 0 Å². The number of β-amino-alcohol motifs (C(OH)–C–C–N with tert-alkyl or cyclic N) is 1. The van der Waals surface area contributed by atoms with Crippen LogP contribution in [-0.4, -0.2) is 62.6 Å². The summed E-state index contributed by atoms with van der Waals surface area (Å²) in [5.74, 6) is 0.684. The zero-order valence-electron chi connectivity index (χ0n) is 18.1. The lowest BCUT2D eigenvalue weighted by molar-refractivity contribution is -0.123. The molecule has 1 aromatic carbocycles. The van der Waals surface area contributed by atoms with Crippen LogP contribution >= 0.6 is 8.58 Å². The Bertz CT molecular complexity index is 1110. The monoisotopic (exact) mass is 436 g/mol. The second-order valence-electron chi connectivity index (χ2n) is 8.75. The smallest absolute Gasteiger partial charge is 0.252 e. The Labute approximate surface area is 184 Å². The molecule has 3 aliphatic rings. The van der Waals surface area contributed by atoms with Gasteiger partial charge in [-0.2, -0.15) is 5.10 Å². The number of aromatic nitrogens is 2. The van der Waals surface area contributed by atoms with Gasteiger partial charge in [0.15, 0.2) is 0 Å². The SMILES string of the molecule is CC1=CC(C2CCN(CCO)CC2)=CN2C(=O)C=C(c3ccc4c(cnn4C)c3)PC12. The first-order valence-electron chi connectivity index (χ1n) is 11.0. The van der Waals surface area contributed by atoms with Crippen LogP contribution in [0.1, 0.15) is 25.3 Å². The van der Waals surface area contributed by atoms with Crippen LogP contribution in [0.5, 0.6) is 0 Å².